The number of benzene rings is 8. The molecule has 1 aromatic heterocycles. The molecule has 1 nitrogen and oxygen atoms in total. The van der Waals surface area contributed by atoms with Crippen LogP contribution in [-0.4, -0.2) is 0 Å². The van der Waals surface area contributed by atoms with Gasteiger partial charge in [0.1, 0.15) is 11.2 Å². The zero-order chi connectivity index (χ0) is 44.0. The molecule has 9 aromatic rings. The Labute approximate surface area is 274 Å². The summed E-state index contributed by atoms with van der Waals surface area (Å²) in [7, 11) is 0. The Morgan fingerprint density at radius 1 is 0.395 bits per heavy atom. The second-order valence-corrected chi connectivity index (χ2v) is 9.85. The monoisotopic (exact) mass is 564 g/mol. The van der Waals surface area contributed by atoms with E-state index in [1.807, 2.05) is 0 Å². The minimum atomic E-state index is -0.734. The molecule has 0 atom stereocenters. The van der Waals surface area contributed by atoms with Crippen molar-refractivity contribution in [1.29, 1.82) is 0 Å². The number of para-hydroxylation sites is 1. The van der Waals surface area contributed by atoms with Gasteiger partial charge in [0.2, 0.25) is 0 Å². The molecular weight excluding hydrogens is 520 g/mol. The van der Waals surface area contributed by atoms with Gasteiger partial charge in [0.15, 0.2) is 0 Å². The van der Waals surface area contributed by atoms with Crippen LogP contribution in [0.1, 0.15) is 24.7 Å². The molecule has 0 aliphatic rings. The van der Waals surface area contributed by atoms with Crippen LogP contribution in [0.3, 0.4) is 0 Å². The first-order valence-corrected chi connectivity index (χ1v) is 13.3. The molecule has 0 saturated heterocycles. The summed E-state index contributed by atoms with van der Waals surface area (Å²) in [5.74, 6) is 0. The van der Waals surface area contributed by atoms with Crippen molar-refractivity contribution >= 4 is 54.3 Å². The fourth-order valence-corrected chi connectivity index (χ4v) is 5.65. The van der Waals surface area contributed by atoms with E-state index in [1.165, 1.54) is 0 Å². The Kier molecular flexibility index (Phi) is 2.70. The maximum atomic E-state index is 9.44. The Bertz CT molecular complexity index is 3420. The highest BCUT2D eigenvalue weighted by molar-refractivity contribution is 6.22. The van der Waals surface area contributed by atoms with Crippen molar-refractivity contribution in [2.75, 3.05) is 0 Å². The Hall–Kier alpha value is -5.66. The first kappa shape index (κ1) is 12.3. The van der Waals surface area contributed by atoms with Crippen molar-refractivity contribution in [1.82, 2.24) is 0 Å². The predicted octanol–water partition coefficient (Wildman–Crippen LogP) is 12.0. The topological polar surface area (TPSA) is 13.1 Å². The maximum Gasteiger partial charge on any atom is 0.136 e. The minimum Gasteiger partial charge on any atom is -0.456 e. The Morgan fingerprint density at radius 3 is 1.65 bits per heavy atom. The summed E-state index contributed by atoms with van der Waals surface area (Å²) in [5, 5.41) is 0.408. The van der Waals surface area contributed by atoms with Gasteiger partial charge in [-0.1, -0.05) is 139 Å². The van der Waals surface area contributed by atoms with Crippen molar-refractivity contribution < 1.29 is 29.1 Å². The van der Waals surface area contributed by atoms with Gasteiger partial charge in [0, 0.05) is 10.8 Å². The Morgan fingerprint density at radius 2 is 0.930 bits per heavy atom. The van der Waals surface area contributed by atoms with Gasteiger partial charge in [-0.05, 0) is 83.8 Å². The average molecular weight is 565 g/mol. The lowest BCUT2D eigenvalue weighted by Gasteiger charge is -2.18. The number of fused-ring (bicyclic) bond motifs is 6. The lowest BCUT2D eigenvalue weighted by molar-refractivity contribution is 0.669. The van der Waals surface area contributed by atoms with Gasteiger partial charge in [0.05, 0.1) is 24.7 Å². The van der Waals surface area contributed by atoms with Crippen molar-refractivity contribution in [3.63, 3.8) is 0 Å². The van der Waals surface area contributed by atoms with Gasteiger partial charge in [0.25, 0.3) is 0 Å². The number of hydrogen-bond acceptors (Lipinski definition) is 1. The van der Waals surface area contributed by atoms with Crippen LogP contribution in [0.25, 0.3) is 87.6 Å². The van der Waals surface area contributed by atoms with Gasteiger partial charge in [-0.15, -0.1) is 0 Å². The van der Waals surface area contributed by atoms with E-state index in [4.69, 9.17) is 20.9 Å². The zero-order valence-corrected chi connectivity index (χ0v) is 22.0. The first-order valence-electron chi connectivity index (χ1n) is 22.3. The standard InChI is InChI=1S/C42H26O/c1-2-12-31-27(10-1)11-9-18-32(31)28-20-22-29(23-21-28)41-35-14-3-5-16-37(35)42(38-17-6-4-15-36(38)41)30-24-25-34-33-13-7-8-19-39(33)43-40(34)26-30/h1-26H/i1D,2D,7D,8D,9D,10D,11D,12D,13D,18D,19D,20D,21D,22D,23D,24D,25D,26D. The molecule has 200 valence electrons. The van der Waals surface area contributed by atoms with Gasteiger partial charge < -0.3 is 4.42 Å². The van der Waals surface area contributed by atoms with Crippen molar-refractivity contribution in [3.8, 4) is 33.4 Å². The van der Waals surface area contributed by atoms with Crippen LogP contribution in [-0.2, 0) is 0 Å². The molecule has 9 rings (SSSR count). The first-order chi connectivity index (χ1) is 28.8. The predicted molar refractivity (Wildman–Crippen MR) is 183 cm³/mol. The lowest BCUT2D eigenvalue weighted by atomic mass is 9.85. The quantitative estimate of drug-likeness (QED) is 0.195. The van der Waals surface area contributed by atoms with Crippen molar-refractivity contribution in [2.24, 2.45) is 0 Å². The number of rotatable bonds is 3. The molecule has 8 aromatic carbocycles. The molecule has 1 heteroatoms. The van der Waals surface area contributed by atoms with E-state index in [2.05, 4.69) is 0 Å². The molecule has 0 aliphatic carbocycles. The van der Waals surface area contributed by atoms with Crippen molar-refractivity contribution in [2.45, 2.75) is 0 Å². The maximum absolute atomic E-state index is 9.44. The molecule has 1 heterocycles. The van der Waals surface area contributed by atoms with Crippen LogP contribution in [0.15, 0.2) is 162 Å². The van der Waals surface area contributed by atoms with Crippen LogP contribution in [0.5, 0.6) is 0 Å². The molecule has 0 fully saturated rings. The van der Waals surface area contributed by atoms with Gasteiger partial charge in [-0.2, -0.15) is 0 Å². The highest BCUT2D eigenvalue weighted by atomic mass is 16.3. The fourth-order valence-electron chi connectivity index (χ4n) is 5.65. The lowest BCUT2D eigenvalue weighted by Crippen LogP contribution is -1.91. The smallest absolute Gasteiger partial charge is 0.136 e. The summed E-state index contributed by atoms with van der Waals surface area (Å²) in [6.07, 6.45) is 0. The highest BCUT2D eigenvalue weighted by Gasteiger charge is 2.18. The molecule has 0 radical (unpaired) electrons. The normalized spacial score (nSPS) is 17.6. The highest BCUT2D eigenvalue weighted by Crippen LogP contribution is 2.45. The third-order valence-corrected chi connectivity index (χ3v) is 7.50. The largest absolute Gasteiger partial charge is 0.456 e. The van der Waals surface area contributed by atoms with Crippen LogP contribution in [0.2, 0.25) is 0 Å². The van der Waals surface area contributed by atoms with Crippen LogP contribution < -0.4 is 0 Å². The van der Waals surface area contributed by atoms with Crippen LogP contribution >= 0.6 is 0 Å². The molecule has 0 unspecified atom stereocenters. The molecule has 0 N–H and O–H groups in total. The molecule has 0 spiro atoms. The summed E-state index contributed by atoms with van der Waals surface area (Å²) in [4.78, 5) is 0. The molecule has 0 saturated carbocycles. The molecule has 0 aliphatic heterocycles. The van der Waals surface area contributed by atoms with Gasteiger partial charge in [-0.3, -0.25) is 0 Å². The summed E-state index contributed by atoms with van der Waals surface area (Å²) < 4.78 is 164. The molecular formula is C42H26O. The fraction of sp³-hybridized carbons (Fsp3) is 0. The summed E-state index contributed by atoms with van der Waals surface area (Å²) in [5.41, 5.74) is -1.21. The van der Waals surface area contributed by atoms with E-state index in [0.717, 1.165) is 0 Å². The van der Waals surface area contributed by atoms with E-state index in [0.29, 0.717) is 21.5 Å². The third kappa shape index (κ3) is 3.72. The van der Waals surface area contributed by atoms with E-state index in [9.17, 15) is 8.22 Å². The third-order valence-electron chi connectivity index (χ3n) is 7.50. The number of furan rings is 1. The SMILES string of the molecule is [2H]c1c([2H])c(-c2c([2H])c([2H])c([2H])c3c([2H])c([2H])c([2H])c([2H])c23)c([2H])c([2H])c1-c1c2ccccc2c(-c2c([2H])c([2H])c3c(oc4c([2H])c([2H])c([2H])c([2H])c43)c2[2H])c2ccccc12. The van der Waals surface area contributed by atoms with E-state index in [1.54, 1.807) is 48.5 Å². The molecule has 0 amide bonds. The molecule has 43 heavy (non-hydrogen) atoms. The summed E-state index contributed by atoms with van der Waals surface area (Å²) in [6, 6.07) is 2.59. The summed E-state index contributed by atoms with van der Waals surface area (Å²) in [6.45, 7) is 0. The van der Waals surface area contributed by atoms with Crippen LogP contribution in [0, 0.1) is 0 Å². The molecule has 0 bridgehead atoms. The van der Waals surface area contributed by atoms with Crippen LogP contribution in [0.4, 0.5) is 0 Å². The van der Waals surface area contributed by atoms with Crippen molar-refractivity contribution in [3.05, 3.63) is 157 Å². The minimum absolute atomic E-state index is 0.0656. The van der Waals surface area contributed by atoms with E-state index >= 15 is 0 Å². The van der Waals surface area contributed by atoms with Gasteiger partial charge >= 0.3 is 0 Å². The van der Waals surface area contributed by atoms with E-state index < -0.39 is 125 Å². The number of hydrogen-bond donors (Lipinski definition) is 0. The van der Waals surface area contributed by atoms with E-state index in [-0.39, 0.29) is 50.2 Å². The van der Waals surface area contributed by atoms with Gasteiger partial charge in [-0.25, -0.2) is 0 Å². The second-order valence-electron chi connectivity index (χ2n) is 9.85. The average Bonchev–Trinajstić information content (AvgIpc) is 3.66. The summed E-state index contributed by atoms with van der Waals surface area (Å²) >= 11 is 0. The second kappa shape index (κ2) is 9.44. The zero-order valence-electron chi connectivity index (χ0n) is 40.0. The Balaban J connectivity index is 1.40.